The first kappa shape index (κ1) is 12.6. The fourth-order valence-corrected chi connectivity index (χ4v) is 1.99. The molecule has 0 aliphatic carbocycles. The van der Waals surface area contributed by atoms with E-state index < -0.39 is 0 Å². The van der Waals surface area contributed by atoms with Crippen molar-refractivity contribution in [3.8, 4) is 5.69 Å². The van der Waals surface area contributed by atoms with Crippen LogP contribution in [0.5, 0.6) is 0 Å². The number of hydrogen-bond donors (Lipinski definition) is 0. The van der Waals surface area contributed by atoms with Gasteiger partial charge in [0.05, 0.1) is 11.9 Å². The van der Waals surface area contributed by atoms with E-state index in [4.69, 9.17) is 0 Å². The molecule has 0 fully saturated rings. The predicted molar refractivity (Wildman–Crippen MR) is 74.7 cm³/mol. The van der Waals surface area contributed by atoms with Crippen LogP contribution >= 0.6 is 0 Å². The smallest absolute Gasteiger partial charge is 0.0645 e. The third-order valence-electron chi connectivity index (χ3n) is 2.65. The third-order valence-corrected chi connectivity index (χ3v) is 2.65. The largest absolute Gasteiger partial charge is 0.298 e. The van der Waals surface area contributed by atoms with Crippen molar-refractivity contribution in [3.05, 3.63) is 60.4 Å². The van der Waals surface area contributed by atoms with Crippen molar-refractivity contribution in [2.24, 2.45) is 0 Å². The number of para-hydroxylation sites is 1. The minimum atomic E-state index is 0.889. The van der Waals surface area contributed by atoms with Gasteiger partial charge in [0.25, 0.3) is 0 Å². The molecular weight excluding hydrogens is 222 g/mol. The summed E-state index contributed by atoms with van der Waals surface area (Å²) in [4.78, 5) is 2.23. The lowest BCUT2D eigenvalue weighted by molar-refractivity contribution is 0.355. The topological polar surface area (TPSA) is 21.1 Å². The summed E-state index contributed by atoms with van der Waals surface area (Å²) in [6.07, 6.45) is 3.99. The maximum absolute atomic E-state index is 4.39. The fraction of sp³-hybridized carbons (Fsp3) is 0.267. The highest BCUT2D eigenvalue weighted by molar-refractivity contribution is 5.30. The van der Waals surface area contributed by atoms with Gasteiger partial charge in [-0.15, -0.1) is 0 Å². The van der Waals surface area contributed by atoms with E-state index in [0.717, 1.165) is 18.8 Å². The van der Waals surface area contributed by atoms with Crippen molar-refractivity contribution in [2.75, 3.05) is 13.6 Å². The van der Waals surface area contributed by atoms with Crippen LogP contribution in [0.1, 0.15) is 12.5 Å². The molecule has 1 heterocycles. The van der Waals surface area contributed by atoms with E-state index in [1.165, 1.54) is 11.1 Å². The van der Waals surface area contributed by atoms with Gasteiger partial charge in [-0.1, -0.05) is 30.4 Å². The van der Waals surface area contributed by atoms with Crippen LogP contribution in [0.4, 0.5) is 0 Å². The molecule has 94 valence electrons. The fourth-order valence-electron chi connectivity index (χ4n) is 1.99. The van der Waals surface area contributed by atoms with Gasteiger partial charge in [-0.2, -0.15) is 5.10 Å². The molecule has 3 heteroatoms. The molecule has 0 aliphatic rings. The van der Waals surface area contributed by atoms with Crippen LogP contribution in [-0.2, 0) is 6.54 Å². The summed E-state index contributed by atoms with van der Waals surface area (Å²) in [7, 11) is 2.09. The van der Waals surface area contributed by atoms with Crippen molar-refractivity contribution < 1.29 is 0 Å². The van der Waals surface area contributed by atoms with E-state index in [9.17, 15) is 0 Å². The zero-order valence-electron chi connectivity index (χ0n) is 11.0. The molecule has 0 saturated heterocycles. The number of aromatic nitrogens is 2. The number of rotatable bonds is 5. The number of likely N-dealkylation sites (N-methyl/N-ethyl adjacent to an activating group) is 1. The van der Waals surface area contributed by atoms with Gasteiger partial charge >= 0.3 is 0 Å². The lowest BCUT2D eigenvalue weighted by atomic mass is 10.3. The Kier molecular flexibility index (Phi) is 3.95. The monoisotopic (exact) mass is 241 g/mol. The van der Waals surface area contributed by atoms with Crippen LogP contribution in [0.15, 0.2) is 54.9 Å². The highest BCUT2D eigenvalue weighted by Gasteiger charge is 2.04. The van der Waals surface area contributed by atoms with Crippen molar-refractivity contribution in [3.63, 3.8) is 0 Å². The Bertz CT molecular complexity index is 514. The normalized spacial score (nSPS) is 10.8. The Balaban J connectivity index is 2.05. The quantitative estimate of drug-likeness (QED) is 0.750. The number of hydrogen-bond acceptors (Lipinski definition) is 2. The van der Waals surface area contributed by atoms with E-state index in [1.807, 2.05) is 48.1 Å². The van der Waals surface area contributed by atoms with Crippen LogP contribution < -0.4 is 0 Å². The Hall–Kier alpha value is -1.87. The highest BCUT2D eigenvalue weighted by Crippen LogP contribution is 2.09. The van der Waals surface area contributed by atoms with E-state index in [2.05, 4.69) is 29.8 Å². The molecule has 2 aromatic rings. The minimum Gasteiger partial charge on any atom is -0.298 e. The molecule has 0 unspecified atom stereocenters. The van der Waals surface area contributed by atoms with E-state index in [0.29, 0.717) is 0 Å². The average Bonchev–Trinajstić information content (AvgIpc) is 2.77. The molecular formula is C15H19N3. The van der Waals surface area contributed by atoms with Crippen molar-refractivity contribution in [2.45, 2.75) is 13.5 Å². The Morgan fingerprint density at radius 1 is 1.33 bits per heavy atom. The second-order valence-electron chi connectivity index (χ2n) is 4.76. The summed E-state index contributed by atoms with van der Waals surface area (Å²) < 4.78 is 1.91. The van der Waals surface area contributed by atoms with Gasteiger partial charge in [0.1, 0.15) is 0 Å². The number of nitrogens with zero attached hydrogens (tertiary/aromatic N) is 3. The van der Waals surface area contributed by atoms with Crippen molar-refractivity contribution in [1.82, 2.24) is 14.7 Å². The second kappa shape index (κ2) is 5.65. The first-order valence-corrected chi connectivity index (χ1v) is 6.07. The van der Waals surface area contributed by atoms with Gasteiger partial charge in [0.15, 0.2) is 0 Å². The van der Waals surface area contributed by atoms with E-state index in [1.54, 1.807) is 0 Å². The Morgan fingerprint density at radius 2 is 2.06 bits per heavy atom. The SMILES string of the molecule is C=C(C)CN(C)Cc1cnn(-c2ccccc2)c1. The molecule has 0 atom stereocenters. The summed E-state index contributed by atoms with van der Waals surface area (Å²) in [5, 5.41) is 4.39. The number of benzene rings is 1. The first-order chi connectivity index (χ1) is 8.65. The standard InChI is InChI=1S/C15H19N3/c1-13(2)10-17(3)11-14-9-16-18(12-14)15-7-5-4-6-8-15/h4-9,12H,1,10-11H2,2-3H3. The van der Waals surface area contributed by atoms with Crippen LogP contribution in [-0.4, -0.2) is 28.3 Å². The summed E-state index contributed by atoms with van der Waals surface area (Å²) in [6.45, 7) is 7.77. The molecule has 0 saturated carbocycles. The van der Waals surface area contributed by atoms with E-state index >= 15 is 0 Å². The summed E-state index contributed by atoms with van der Waals surface area (Å²) >= 11 is 0. The molecule has 1 aromatic heterocycles. The van der Waals surface area contributed by atoms with E-state index in [-0.39, 0.29) is 0 Å². The third kappa shape index (κ3) is 3.31. The predicted octanol–water partition coefficient (Wildman–Crippen LogP) is 2.88. The molecule has 0 radical (unpaired) electrons. The molecule has 18 heavy (non-hydrogen) atoms. The second-order valence-corrected chi connectivity index (χ2v) is 4.76. The van der Waals surface area contributed by atoms with Gasteiger partial charge in [0.2, 0.25) is 0 Å². The van der Waals surface area contributed by atoms with Gasteiger partial charge < -0.3 is 0 Å². The van der Waals surface area contributed by atoms with Gasteiger partial charge in [-0.25, -0.2) is 4.68 Å². The van der Waals surface area contributed by atoms with Gasteiger partial charge in [0, 0.05) is 24.8 Å². The summed E-state index contributed by atoms with van der Waals surface area (Å²) in [5.74, 6) is 0. The zero-order chi connectivity index (χ0) is 13.0. The van der Waals surface area contributed by atoms with Crippen molar-refractivity contribution >= 4 is 0 Å². The molecule has 3 nitrogen and oxygen atoms in total. The van der Waals surface area contributed by atoms with Crippen LogP contribution in [0.2, 0.25) is 0 Å². The molecule has 0 N–H and O–H groups in total. The Morgan fingerprint density at radius 3 is 2.72 bits per heavy atom. The van der Waals surface area contributed by atoms with Crippen molar-refractivity contribution in [1.29, 1.82) is 0 Å². The average molecular weight is 241 g/mol. The zero-order valence-corrected chi connectivity index (χ0v) is 11.0. The maximum atomic E-state index is 4.39. The molecule has 0 bridgehead atoms. The maximum Gasteiger partial charge on any atom is 0.0645 e. The van der Waals surface area contributed by atoms with Crippen LogP contribution in [0, 0.1) is 0 Å². The van der Waals surface area contributed by atoms with Gasteiger partial charge in [-0.05, 0) is 26.1 Å². The van der Waals surface area contributed by atoms with Crippen LogP contribution in [0.25, 0.3) is 5.69 Å². The summed E-state index contributed by atoms with van der Waals surface area (Å²) in [6, 6.07) is 10.1. The minimum absolute atomic E-state index is 0.889. The van der Waals surface area contributed by atoms with Gasteiger partial charge in [-0.3, -0.25) is 4.90 Å². The molecule has 1 aromatic carbocycles. The molecule has 0 aliphatic heterocycles. The lowest BCUT2D eigenvalue weighted by Crippen LogP contribution is -2.19. The highest BCUT2D eigenvalue weighted by atomic mass is 15.3. The molecule has 0 spiro atoms. The molecule has 0 amide bonds. The van der Waals surface area contributed by atoms with Crippen LogP contribution in [0.3, 0.4) is 0 Å². The lowest BCUT2D eigenvalue weighted by Gasteiger charge is -2.14. The first-order valence-electron chi connectivity index (χ1n) is 6.07. The summed E-state index contributed by atoms with van der Waals surface area (Å²) in [5.41, 5.74) is 3.47. The molecule has 2 rings (SSSR count). The Labute approximate surface area is 108 Å².